The van der Waals surface area contributed by atoms with Gasteiger partial charge >= 0.3 is 0 Å². The average Bonchev–Trinajstić information content (AvgIpc) is 2.76. The molecule has 16 heavy (non-hydrogen) atoms. The molecule has 0 atom stereocenters. The predicted molar refractivity (Wildman–Crippen MR) is 68.1 cm³/mol. The van der Waals surface area contributed by atoms with Gasteiger partial charge < -0.3 is 10.2 Å². The first kappa shape index (κ1) is 11.4. The molecule has 0 aliphatic heterocycles. The minimum absolute atomic E-state index is 1.01. The second kappa shape index (κ2) is 5.30. The summed E-state index contributed by atoms with van der Waals surface area (Å²) < 4.78 is 0. The van der Waals surface area contributed by atoms with Crippen LogP contribution in [0.15, 0.2) is 12.1 Å². The van der Waals surface area contributed by atoms with Crippen molar-refractivity contribution < 1.29 is 0 Å². The Hall–Kier alpha value is -1.09. The number of nitrogens with one attached hydrogen (secondary N) is 1. The summed E-state index contributed by atoms with van der Waals surface area (Å²) in [7, 11) is 2.11. The Labute approximate surface area is 97.9 Å². The van der Waals surface area contributed by atoms with Crippen LogP contribution in [-0.4, -0.2) is 31.7 Å². The monoisotopic (exact) mass is 219 g/mol. The molecule has 1 aliphatic rings. The Morgan fingerprint density at radius 3 is 3.06 bits per heavy atom. The minimum Gasteiger partial charge on any atom is -0.358 e. The van der Waals surface area contributed by atoms with E-state index in [0.717, 1.165) is 31.9 Å². The highest BCUT2D eigenvalue weighted by molar-refractivity contribution is 5.42. The van der Waals surface area contributed by atoms with Crippen LogP contribution >= 0.6 is 0 Å². The summed E-state index contributed by atoms with van der Waals surface area (Å²) in [5, 5.41) is 3.33. The topological polar surface area (TPSA) is 28.2 Å². The highest BCUT2D eigenvalue weighted by Crippen LogP contribution is 2.22. The molecule has 0 fully saturated rings. The van der Waals surface area contributed by atoms with Crippen molar-refractivity contribution >= 4 is 5.82 Å². The molecular formula is C13H21N3. The van der Waals surface area contributed by atoms with E-state index in [1.54, 1.807) is 0 Å². The Balaban J connectivity index is 1.98. The fraction of sp³-hybridized carbons (Fsp3) is 0.615. The van der Waals surface area contributed by atoms with Gasteiger partial charge in [0.15, 0.2) is 0 Å². The number of aromatic nitrogens is 1. The van der Waals surface area contributed by atoms with Gasteiger partial charge in [-0.05, 0) is 37.4 Å². The minimum atomic E-state index is 1.01. The molecule has 3 nitrogen and oxygen atoms in total. The van der Waals surface area contributed by atoms with Gasteiger partial charge in [-0.3, -0.25) is 0 Å². The van der Waals surface area contributed by atoms with Gasteiger partial charge in [-0.25, -0.2) is 4.98 Å². The summed E-state index contributed by atoms with van der Waals surface area (Å²) in [6.07, 6.45) is 3.64. The van der Waals surface area contributed by atoms with Crippen molar-refractivity contribution in [3.05, 3.63) is 23.4 Å². The zero-order valence-corrected chi connectivity index (χ0v) is 10.3. The smallest absolute Gasteiger partial charge is 0.128 e. The molecule has 0 radical (unpaired) electrons. The summed E-state index contributed by atoms with van der Waals surface area (Å²) >= 11 is 0. The number of rotatable bonds is 5. The molecule has 1 heterocycles. The molecule has 0 spiro atoms. The second-order valence-electron chi connectivity index (χ2n) is 4.40. The van der Waals surface area contributed by atoms with Crippen LogP contribution in [0.5, 0.6) is 0 Å². The molecule has 1 aliphatic carbocycles. The van der Waals surface area contributed by atoms with Gasteiger partial charge in [0.05, 0.1) is 0 Å². The summed E-state index contributed by atoms with van der Waals surface area (Å²) in [5.74, 6) is 1.11. The highest BCUT2D eigenvalue weighted by atomic mass is 15.2. The maximum Gasteiger partial charge on any atom is 0.128 e. The third-order valence-corrected chi connectivity index (χ3v) is 3.18. The molecule has 0 amide bonds. The number of hydrogen-bond donors (Lipinski definition) is 1. The normalized spacial score (nSPS) is 13.9. The summed E-state index contributed by atoms with van der Waals surface area (Å²) in [6.45, 7) is 5.20. The second-order valence-corrected chi connectivity index (χ2v) is 4.40. The molecule has 0 aromatic carbocycles. The Bertz CT molecular complexity index is 349. The van der Waals surface area contributed by atoms with Crippen molar-refractivity contribution in [2.75, 3.05) is 31.6 Å². The number of nitrogens with zero attached hydrogens (tertiary/aromatic N) is 2. The lowest BCUT2D eigenvalue weighted by molar-refractivity contribution is 0.702. The predicted octanol–water partition coefficient (Wildman–Crippen LogP) is 1.62. The van der Waals surface area contributed by atoms with Crippen molar-refractivity contribution in [1.29, 1.82) is 0 Å². The van der Waals surface area contributed by atoms with Gasteiger partial charge in [-0.15, -0.1) is 0 Å². The summed E-state index contributed by atoms with van der Waals surface area (Å²) in [5.41, 5.74) is 2.76. The number of aryl methyl sites for hydroxylation is 2. The third-order valence-electron chi connectivity index (χ3n) is 3.18. The van der Waals surface area contributed by atoms with E-state index in [2.05, 4.69) is 36.3 Å². The van der Waals surface area contributed by atoms with Crippen LogP contribution in [0.3, 0.4) is 0 Å². The van der Waals surface area contributed by atoms with E-state index in [4.69, 9.17) is 4.98 Å². The lowest BCUT2D eigenvalue weighted by Crippen LogP contribution is -2.29. The lowest BCUT2D eigenvalue weighted by atomic mass is 10.2. The van der Waals surface area contributed by atoms with Gasteiger partial charge in [0.25, 0.3) is 0 Å². The standard InChI is InChI=1S/C13H21N3/c1-3-14-9-10-16(2)13-8-7-11-5-4-6-12(11)15-13/h7-8,14H,3-6,9-10H2,1-2H3. The number of pyridine rings is 1. The molecular weight excluding hydrogens is 198 g/mol. The van der Waals surface area contributed by atoms with Gasteiger partial charge in [-0.1, -0.05) is 13.0 Å². The van der Waals surface area contributed by atoms with Crippen LogP contribution in [0.4, 0.5) is 5.82 Å². The maximum absolute atomic E-state index is 4.73. The number of likely N-dealkylation sites (N-methyl/N-ethyl adjacent to an activating group) is 2. The maximum atomic E-state index is 4.73. The Morgan fingerprint density at radius 2 is 2.25 bits per heavy atom. The molecule has 88 valence electrons. The first-order valence-corrected chi connectivity index (χ1v) is 6.22. The quantitative estimate of drug-likeness (QED) is 0.763. The van der Waals surface area contributed by atoms with Gasteiger partial charge in [0.2, 0.25) is 0 Å². The molecule has 1 aromatic heterocycles. The van der Waals surface area contributed by atoms with Gasteiger partial charge in [-0.2, -0.15) is 0 Å². The fourth-order valence-corrected chi connectivity index (χ4v) is 2.16. The molecule has 0 bridgehead atoms. The first-order chi connectivity index (χ1) is 7.81. The summed E-state index contributed by atoms with van der Waals surface area (Å²) in [6, 6.07) is 4.39. The van der Waals surface area contributed by atoms with Gasteiger partial charge in [0.1, 0.15) is 5.82 Å². The van der Waals surface area contributed by atoms with Crippen molar-refractivity contribution in [3.8, 4) is 0 Å². The van der Waals surface area contributed by atoms with E-state index < -0.39 is 0 Å². The molecule has 2 rings (SSSR count). The zero-order chi connectivity index (χ0) is 11.4. The Morgan fingerprint density at radius 1 is 1.38 bits per heavy atom. The molecule has 0 unspecified atom stereocenters. The van der Waals surface area contributed by atoms with E-state index in [1.807, 2.05) is 0 Å². The highest BCUT2D eigenvalue weighted by Gasteiger charge is 2.13. The molecule has 0 saturated heterocycles. The van der Waals surface area contributed by atoms with E-state index in [1.165, 1.54) is 24.1 Å². The molecule has 3 heteroatoms. The van der Waals surface area contributed by atoms with Crippen LogP contribution in [0.1, 0.15) is 24.6 Å². The molecule has 1 N–H and O–H groups in total. The fourth-order valence-electron chi connectivity index (χ4n) is 2.16. The SMILES string of the molecule is CCNCCN(C)c1ccc2c(n1)CCC2. The van der Waals surface area contributed by atoms with Gasteiger partial charge in [0, 0.05) is 25.8 Å². The molecule has 0 saturated carbocycles. The average molecular weight is 219 g/mol. The van der Waals surface area contributed by atoms with Crippen LogP contribution in [0, 0.1) is 0 Å². The van der Waals surface area contributed by atoms with Crippen LogP contribution in [0.25, 0.3) is 0 Å². The first-order valence-electron chi connectivity index (χ1n) is 6.22. The van der Waals surface area contributed by atoms with Crippen molar-refractivity contribution in [1.82, 2.24) is 10.3 Å². The third kappa shape index (κ3) is 2.53. The lowest BCUT2D eigenvalue weighted by Gasteiger charge is -2.19. The van der Waals surface area contributed by atoms with Crippen molar-refractivity contribution in [3.63, 3.8) is 0 Å². The van der Waals surface area contributed by atoms with E-state index in [0.29, 0.717) is 0 Å². The zero-order valence-electron chi connectivity index (χ0n) is 10.3. The number of hydrogen-bond acceptors (Lipinski definition) is 3. The van der Waals surface area contributed by atoms with Crippen LogP contribution in [-0.2, 0) is 12.8 Å². The van der Waals surface area contributed by atoms with Crippen LogP contribution in [0.2, 0.25) is 0 Å². The number of anilines is 1. The largest absolute Gasteiger partial charge is 0.358 e. The number of fused-ring (bicyclic) bond motifs is 1. The van der Waals surface area contributed by atoms with Crippen LogP contribution < -0.4 is 10.2 Å². The molecule has 1 aromatic rings. The summed E-state index contributed by atoms with van der Waals surface area (Å²) in [4.78, 5) is 6.95. The van der Waals surface area contributed by atoms with E-state index in [9.17, 15) is 0 Å². The van der Waals surface area contributed by atoms with Crippen molar-refractivity contribution in [2.24, 2.45) is 0 Å². The van der Waals surface area contributed by atoms with Crippen molar-refractivity contribution in [2.45, 2.75) is 26.2 Å². The van der Waals surface area contributed by atoms with E-state index in [-0.39, 0.29) is 0 Å². The Kier molecular flexibility index (Phi) is 3.78. The van der Waals surface area contributed by atoms with E-state index >= 15 is 0 Å².